The fourth-order valence-corrected chi connectivity index (χ4v) is 2.84. The number of amides is 1. The van der Waals surface area contributed by atoms with Gasteiger partial charge in [-0.3, -0.25) is 4.79 Å². The van der Waals surface area contributed by atoms with Gasteiger partial charge in [0.1, 0.15) is 5.82 Å². The molecular formula is C19H18BrN3O. The van der Waals surface area contributed by atoms with Crippen LogP contribution in [-0.2, 0) is 13.0 Å². The number of halogens is 1. The molecule has 0 saturated carbocycles. The van der Waals surface area contributed by atoms with Crippen molar-refractivity contribution in [1.82, 2.24) is 9.78 Å². The highest BCUT2D eigenvalue weighted by Crippen LogP contribution is 2.15. The molecule has 3 rings (SSSR count). The molecule has 0 aliphatic carbocycles. The van der Waals surface area contributed by atoms with Gasteiger partial charge in [-0.15, -0.1) is 0 Å². The number of nitrogens with one attached hydrogen (secondary N) is 1. The zero-order valence-corrected chi connectivity index (χ0v) is 15.0. The first kappa shape index (κ1) is 16.5. The van der Waals surface area contributed by atoms with Crippen LogP contribution >= 0.6 is 15.9 Å². The van der Waals surface area contributed by atoms with E-state index in [1.165, 1.54) is 5.56 Å². The predicted octanol–water partition coefficient (Wildman–Crippen LogP) is 4.51. The van der Waals surface area contributed by atoms with Gasteiger partial charge < -0.3 is 5.32 Å². The van der Waals surface area contributed by atoms with Crippen LogP contribution in [0.25, 0.3) is 0 Å². The molecular weight excluding hydrogens is 366 g/mol. The molecule has 0 aliphatic rings. The molecule has 122 valence electrons. The lowest BCUT2D eigenvalue weighted by molar-refractivity contribution is 0.102. The van der Waals surface area contributed by atoms with Crippen LogP contribution < -0.4 is 5.32 Å². The Kier molecular flexibility index (Phi) is 5.11. The minimum Gasteiger partial charge on any atom is -0.307 e. The number of aromatic nitrogens is 2. The Bertz CT molecular complexity index is 840. The Morgan fingerprint density at radius 3 is 2.58 bits per heavy atom. The molecule has 1 amide bonds. The molecule has 24 heavy (non-hydrogen) atoms. The van der Waals surface area contributed by atoms with E-state index in [0.29, 0.717) is 17.9 Å². The second kappa shape index (κ2) is 7.45. The lowest BCUT2D eigenvalue weighted by Gasteiger charge is -2.10. The van der Waals surface area contributed by atoms with Gasteiger partial charge >= 0.3 is 0 Å². The van der Waals surface area contributed by atoms with Crippen LogP contribution in [0.2, 0.25) is 0 Å². The van der Waals surface area contributed by atoms with Crippen molar-refractivity contribution in [3.8, 4) is 0 Å². The van der Waals surface area contributed by atoms with Gasteiger partial charge in [0.15, 0.2) is 0 Å². The first-order valence-corrected chi connectivity index (χ1v) is 8.61. The molecule has 1 aromatic heterocycles. The molecule has 5 heteroatoms. The first-order chi connectivity index (χ1) is 11.7. The highest BCUT2D eigenvalue weighted by molar-refractivity contribution is 9.10. The Morgan fingerprint density at radius 1 is 1.12 bits per heavy atom. The van der Waals surface area contributed by atoms with Crippen LogP contribution in [-0.4, -0.2) is 15.7 Å². The minimum absolute atomic E-state index is 0.153. The molecule has 0 aliphatic heterocycles. The molecule has 1 heterocycles. The van der Waals surface area contributed by atoms with E-state index in [1.807, 2.05) is 12.1 Å². The fraction of sp³-hybridized carbons (Fsp3) is 0.158. The standard InChI is InChI=1S/C19H18BrN3O/c1-2-14-6-8-15(9-7-14)13-23-18(10-11-21-23)22-19(24)16-4-3-5-17(20)12-16/h3-12H,2,13H2,1H3,(H,22,24). The van der Waals surface area contributed by atoms with Crippen molar-refractivity contribution in [2.45, 2.75) is 19.9 Å². The summed E-state index contributed by atoms with van der Waals surface area (Å²) in [7, 11) is 0. The number of carbonyl (C=O) groups is 1. The summed E-state index contributed by atoms with van der Waals surface area (Å²) in [5.41, 5.74) is 3.06. The van der Waals surface area contributed by atoms with Crippen LogP contribution in [0.1, 0.15) is 28.4 Å². The third kappa shape index (κ3) is 3.92. The highest BCUT2D eigenvalue weighted by Gasteiger charge is 2.10. The van der Waals surface area contributed by atoms with Gasteiger partial charge in [0.05, 0.1) is 12.7 Å². The van der Waals surface area contributed by atoms with Gasteiger partial charge in [-0.25, -0.2) is 4.68 Å². The number of hydrogen-bond donors (Lipinski definition) is 1. The largest absolute Gasteiger partial charge is 0.307 e. The quantitative estimate of drug-likeness (QED) is 0.704. The summed E-state index contributed by atoms with van der Waals surface area (Å²) in [6.07, 6.45) is 2.72. The third-order valence-electron chi connectivity index (χ3n) is 3.81. The zero-order valence-electron chi connectivity index (χ0n) is 13.4. The number of carbonyl (C=O) groups excluding carboxylic acids is 1. The molecule has 0 spiro atoms. The average Bonchev–Trinajstić information content (AvgIpc) is 3.02. The van der Waals surface area contributed by atoms with Crippen molar-refractivity contribution in [2.24, 2.45) is 0 Å². The van der Waals surface area contributed by atoms with Crippen LogP contribution in [0.15, 0.2) is 65.3 Å². The molecule has 0 atom stereocenters. The van der Waals surface area contributed by atoms with E-state index in [-0.39, 0.29) is 5.91 Å². The van der Waals surface area contributed by atoms with Crippen molar-refractivity contribution >= 4 is 27.7 Å². The molecule has 0 fully saturated rings. The summed E-state index contributed by atoms with van der Waals surface area (Å²) in [5, 5.41) is 7.23. The maximum Gasteiger partial charge on any atom is 0.256 e. The van der Waals surface area contributed by atoms with E-state index in [1.54, 1.807) is 29.1 Å². The van der Waals surface area contributed by atoms with Gasteiger partial charge in [0.25, 0.3) is 5.91 Å². The fourth-order valence-electron chi connectivity index (χ4n) is 2.44. The summed E-state index contributed by atoms with van der Waals surface area (Å²) >= 11 is 3.38. The maximum atomic E-state index is 12.4. The predicted molar refractivity (Wildman–Crippen MR) is 99.2 cm³/mol. The van der Waals surface area contributed by atoms with Crippen molar-refractivity contribution in [3.05, 3.63) is 82.0 Å². The molecule has 3 aromatic rings. The average molecular weight is 384 g/mol. The molecule has 0 saturated heterocycles. The summed E-state index contributed by atoms with van der Waals surface area (Å²) in [6, 6.07) is 17.5. The first-order valence-electron chi connectivity index (χ1n) is 7.82. The van der Waals surface area contributed by atoms with Gasteiger partial charge in [-0.2, -0.15) is 5.10 Å². The molecule has 2 aromatic carbocycles. The van der Waals surface area contributed by atoms with Crippen molar-refractivity contribution in [2.75, 3.05) is 5.32 Å². The molecule has 4 nitrogen and oxygen atoms in total. The summed E-state index contributed by atoms with van der Waals surface area (Å²) in [4.78, 5) is 12.4. The summed E-state index contributed by atoms with van der Waals surface area (Å²) < 4.78 is 2.66. The number of rotatable bonds is 5. The lowest BCUT2D eigenvalue weighted by atomic mass is 10.1. The van der Waals surface area contributed by atoms with Gasteiger partial charge in [0.2, 0.25) is 0 Å². The van der Waals surface area contributed by atoms with Crippen molar-refractivity contribution < 1.29 is 4.79 Å². The number of hydrogen-bond acceptors (Lipinski definition) is 2. The second-order valence-electron chi connectivity index (χ2n) is 5.51. The smallest absolute Gasteiger partial charge is 0.256 e. The molecule has 0 bridgehead atoms. The van der Waals surface area contributed by atoms with Crippen LogP contribution in [0.4, 0.5) is 5.82 Å². The summed E-state index contributed by atoms with van der Waals surface area (Å²) in [6.45, 7) is 2.75. The van der Waals surface area contributed by atoms with Gasteiger partial charge in [-0.05, 0) is 35.7 Å². The van der Waals surface area contributed by atoms with Crippen LogP contribution in [0, 0.1) is 0 Å². The highest BCUT2D eigenvalue weighted by atomic mass is 79.9. The Hall–Kier alpha value is -2.40. The number of benzene rings is 2. The van der Waals surface area contributed by atoms with Gasteiger partial charge in [-0.1, -0.05) is 53.2 Å². The van der Waals surface area contributed by atoms with Crippen molar-refractivity contribution in [1.29, 1.82) is 0 Å². The number of nitrogens with zero attached hydrogens (tertiary/aromatic N) is 2. The Labute approximate surface area is 149 Å². The number of anilines is 1. The normalized spacial score (nSPS) is 10.6. The van der Waals surface area contributed by atoms with E-state index in [0.717, 1.165) is 16.5 Å². The Balaban J connectivity index is 1.74. The molecule has 0 unspecified atom stereocenters. The minimum atomic E-state index is -0.153. The second-order valence-corrected chi connectivity index (χ2v) is 6.42. The maximum absolute atomic E-state index is 12.4. The Morgan fingerprint density at radius 2 is 1.88 bits per heavy atom. The van der Waals surface area contributed by atoms with Gasteiger partial charge in [0, 0.05) is 16.1 Å². The topological polar surface area (TPSA) is 46.9 Å². The van der Waals surface area contributed by atoms with Crippen LogP contribution in [0.5, 0.6) is 0 Å². The van der Waals surface area contributed by atoms with E-state index < -0.39 is 0 Å². The van der Waals surface area contributed by atoms with Crippen molar-refractivity contribution in [3.63, 3.8) is 0 Å². The summed E-state index contributed by atoms with van der Waals surface area (Å²) in [5.74, 6) is 0.527. The van der Waals surface area contributed by atoms with E-state index in [9.17, 15) is 4.79 Å². The lowest BCUT2D eigenvalue weighted by Crippen LogP contribution is -2.16. The third-order valence-corrected chi connectivity index (χ3v) is 4.30. The van der Waals surface area contributed by atoms with Crippen LogP contribution in [0.3, 0.4) is 0 Å². The SMILES string of the molecule is CCc1ccc(Cn2nccc2NC(=O)c2cccc(Br)c2)cc1. The van der Waals surface area contributed by atoms with E-state index in [4.69, 9.17) is 0 Å². The molecule has 1 N–H and O–H groups in total. The van der Waals surface area contributed by atoms with E-state index in [2.05, 4.69) is 57.5 Å². The zero-order chi connectivity index (χ0) is 16.9. The van der Waals surface area contributed by atoms with E-state index >= 15 is 0 Å². The monoisotopic (exact) mass is 383 g/mol. The number of aryl methyl sites for hydroxylation is 1. The molecule has 0 radical (unpaired) electrons.